The molecule has 0 saturated carbocycles. The fourth-order valence-corrected chi connectivity index (χ4v) is 2.08. The average Bonchev–Trinajstić information content (AvgIpc) is 2.45. The van der Waals surface area contributed by atoms with E-state index in [0.29, 0.717) is 10.7 Å². The number of halogens is 1. The van der Waals surface area contributed by atoms with Crippen molar-refractivity contribution in [3.63, 3.8) is 0 Å². The Bertz CT molecular complexity index is 671. The summed E-state index contributed by atoms with van der Waals surface area (Å²) in [5.74, 6) is 0.754. The van der Waals surface area contributed by atoms with Gasteiger partial charge in [-0.1, -0.05) is 17.7 Å². The number of anilines is 2. The second-order valence-corrected chi connectivity index (χ2v) is 5.16. The van der Waals surface area contributed by atoms with Crippen LogP contribution in [-0.2, 0) is 0 Å². The number of hydrogen-bond acceptors (Lipinski definition) is 2. The summed E-state index contributed by atoms with van der Waals surface area (Å²) >= 11 is 5.93. The van der Waals surface area contributed by atoms with Crippen LogP contribution in [0.15, 0.2) is 36.4 Å². The first kappa shape index (κ1) is 15.2. The summed E-state index contributed by atoms with van der Waals surface area (Å²) in [6.07, 6.45) is 0. The van der Waals surface area contributed by atoms with Crippen molar-refractivity contribution in [1.82, 2.24) is 0 Å². The lowest BCUT2D eigenvalue weighted by molar-refractivity contribution is 0.262. The maximum absolute atomic E-state index is 12.1. The van der Waals surface area contributed by atoms with Crippen LogP contribution in [0.4, 0.5) is 16.2 Å². The molecule has 0 aliphatic rings. The third-order valence-corrected chi connectivity index (χ3v) is 3.36. The minimum atomic E-state index is -0.311. The molecule has 21 heavy (non-hydrogen) atoms. The van der Waals surface area contributed by atoms with Crippen LogP contribution < -0.4 is 15.4 Å². The van der Waals surface area contributed by atoms with Crippen LogP contribution in [-0.4, -0.2) is 13.1 Å². The number of ether oxygens (including phenoxy) is 1. The predicted molar refractivity (Wildman–Crippen MR) is 86.6 cm³/mol. The lowest BCUT2D eigenvalue weighted by Crippen LogP contribution is -2.20. The first-order chi connectivity index (χ1) is 9.99. The van der Waals surface area contributed by atoms with Gasteiger partial charge in [0, 0.05) is 16.4 Å². The summed E-state index contributed by atoms with van der Waals surface area (Å²) in [5.41, 5.74) is 3.28. The molecule has 4 nitrogen and oxygen atoms in total. The largest absolute Gasteiger partial charge is 0.497 e. The van der Waals surface area contributed by atoms with E-state index in [9.17, 15) is 4.79 Å². The van der Waals surface area contributed by atoms with Crippen molar-refractivity contribution >= 4 is 29.0 Å². The van der Waals surface area contributed by atoms with Crippen LogP contribution in [0.25, 0.3) is 0 Å². The number of nitrogens with one attached hydrogen (secondary N) is 2. The molecule has 0 fully saturated rings. The Morgan fingerprint density at radius 2 is 1.71 bits per heavy atom. The summed E-state index contributed by atoms with van der Waals surface area (Å²) in [6, 6.07) is 10.5. The van der Waals surface area contributed by atoms with Gasteiger partial charge in [-0.2, -0.15) is 0 Å². The lowest BCUT2D eigenvalue weighted by Gasteiger charge is -2.12. The standard InChI is InChI=1S/C16H17ClN2O2/c1-10-4-5-12(17)9-15(10)19-16(20)18-14-7-6-13(21-3)8-11(14)2/h4-9H,1-3H3,(H2,18,19,20). The zero-order valence-corrected chi connectivity index (χ0v) is 12.9. The van der Waals surface area contributed by atoms with Gasteiger partial charge in [0.2, 0.25) is 0 Å². The van der Waals surface area contributed by atoms with Gasteiger partial charge in [-0.15, -0.1) is 0 Å². The molecule has 0 heterocycles. The van der Waals surface area contributed by atoms with Gasteiger partial charge >= 0.3 is 6.03 Å². The van der Waals surface area contributed by atoms with Crippen LogP contribution in [0.3, 0.4) is 0 Å². The highest BCUT2D eigenvalue weighted by atomic mass is 35.5. The van der Waals surface area contributed by atoms with Crippen LogP contribution >= 0.6 is 11.6 Å². The van der Waals surface area contributed by atoms with Crippen molar-refractivity contribution in [3.05, 3.63) is 52.5 Å². The van der Waals surface area contributed by atoms with Crippen LogP contribution in [0.2, 0.25) is 5.02 Å². The van der Waals surface area contributed by atoms with E-state index in [1.165, 1.54) is 0 Å². The third-order valence-electron chi connectivity index (χ3n) is 3.13. The van der Waals surface area contributed by atoms with Crippen LogP contribution in [0, 0.1) is 13.8 Å². The fourth-order valence-electron chi connectivity index (χ4n) is 1.91. The third kappa shape index (κ3) is 3.89. The van der Waals surface area contributed by atoms with Crippen molar-refractivity contribution < 1.29 is 9.53 Å². The van der Waals surface area contributed by atoms with Gasteiger partial charge in [0.15, 0.2) is 0 Å². The molecule has 110 valence electrons. The smallest absolute Gasteiger partial charge is 0.323 e. The van der Waals surface area contributed by atoms with Crippen molar-refractivity contribution in [1.29, 1.82) is 0 Å². The van der Waals surface area contributed by atoms with Gasteiger partial charge in [0.1, 0.15) is 5.75 Å². The first-order valence-corrected chi connectivity index (χ1v) is 6.86. The lowest BCUT2D eigenvalue weighted by atomic mass is 10.2. The second kappa shape index (κ2) is 6.50. The molecular formula is C16H17ClN2O2. The molecule has 0 aromatic heterocycles. The molecule has 2 aromatic carbocycles. The minimum absolute atomic E-state index is 0.311. The van der Waals surface area contributed by atoms with E-state index in [2.05, 4.69) is 10.6 Å². The predicted octanol–water partition coefficient (Wildman–Crippen LogP) is 4.61. The average molecular weight is 305 g/mol. The summed E-state index contributed by atoms with van der Waals surface area (Å²) < 4.78 is 5.14. The van der Waals surface area contributed by atoms with E-state index in [4.69, 9.17) is 16.3 Å². The van der Waals surface area contributed by atoms with Gasteiger partial charge in [-0.05, 0) is 55.3 Å². The molecule has 0 aliphatic heterocycles. The van der Waals surface area contributed by atoms with Crippen molar-refractivity contribution in [2.24, 2.45) is 0 Å². The monoisotopic (exact) mass is 304 g/mol. The SMILES string of the molecule is COc1ccc(NC(=O)Nc2cc(Cl)ccc2C)c(C)c1. The highest BCUT2D eigenvalue weighted by Crippen LogP contribution is 2.23. The summed E-state index contributed by atoms with van der Waals surface area (Å²) in [5, 5.41) is 6.18. The summed E-state index contributed by atoms with van der Waals surface area (Å²) in [6.45, 7) is 3.81. The van der Waals surface area contributed by atoms with E-state index in [1.807, 2.05) is 26.0 Å². The Morgan fingerprint density at radius 3 is 2.38 bits per heavy atom. The molecule has 2 aromatic rings. The normalized spacial score (nSPS) is 10.1. The Hall–Kier alpha value is -2.20. The maximum atomic E-state index is 12.1. The maximum Gasteiger partial charge on any atom is 0.323 e. The molecule has 0 saturated heterocycles. The molecule has 0 radical (unpaired) electrons. The Balaban J connectivity index is 2.10. The zero-order valence-electron chi connectivity index (χ0n) is 12.2. The molecule has 2 amide bonds. The molecule has 2 N–H and O–H groups in total. The number of amides is 2. The van der Waals surface area contributed by atoms with Crippen LogP contribution in [0.1, 0.15) is 11.1 Å². The topological polar surface area (TPSA) is 50.4 Å². The highest BCUT2D eigenvalue weighted by molar-refractivity contribution is 6.31. The number of carbonyl (C=O) groups is 1. The minimum Gasteiger partial charge on any atom is -0.497 e. The summed E-state index contributed by atoms with van der Waals surface area (Å²) in [4.78, 5) is 12.1. The molecule has 0 aliphatic carbocycles. The van der Waals surface area contributed by atoms with Gasteiger partial charge in [0.25, 0.3) is 0 Å². The van der Waals surface area contributed by atoms with E-state index < -0.39 is 0 Å². The molecular weight excluding hydrogens is 288 g/mol. The quantitative estimate of drug-likeness (QED) is 0.870. The number of urea groups is 1. The Labute approximate surface area is 129 Å². The Kier molecular flexibility index (Phi) is 4.70. The van der Waals surface area contributed by atoms with Crippen molar-refractivity contribution in [2.75, 3.05) is 17.7 Å². The van der Waals surface area contributed by atoms with E-state index in [1.54, 1.807) is 31.4 Å². The van der Waals surface area contributed by atoms with Gasteiger partial charge < -0.3 is 15.4 Å². The Morgan fingerprint density at radius 1 is 1.00 bits per heavy atom. The van der Waals surface area contributed by atoms with Gasteiger partial charge in [-0.25, -0.2) is 4.79 Å². The van der Waals surface area contributed by atoms with Crippen molar-refractivity contribution in [3.8, 4) is 5.75 Å². The van der Waals surface area contributed by atoms with Crippen LogP contribution in [0.5, 0.6) is 5.75 Å². The van der Waals surface area contributed by atoms with E-state index >= 15 is 0 Å². The number of rotatable bonds is 3. The van der Waals surface area contributed by atoms with E-state index in [0.717, 1.165) is 22.6 Å². The number of aryl methyl sites for hydroxylation is 2. The fraction of sp³-hybridized carbons (Fsp3) is 0.188. The zero-order chi connectivity index (χ0) is 15.4. The number of methoxy groups -OCH3 is 1. The van der Waals surface area contributed by atoms with Gasteiger partial charge in [-0.3, -0.25) is 0 Å². The molecule has 0 bridgehead atoms. The highest BCUT2D eigenvalue weighted by Gasteiger charge is 2.08. The number of benzene rings is 2. The molecule has 5 heteroatoms. The second-order valence-electron chi connectivity index (χ2n) is 4.72. The first-order valence-electron chi connectivity index (χ1n) is 6.48. The number of carbonyl (C=O) groups excluding carboxylic acids is 1. The van der Waals surface area contributed by atoms with Gasteiger partial charge in [0.05, 0.1) is 7.11 Å². The molecule has 0 spiro atoms. The number of hydrogen-bond donors (Lipinski definition) is 2. The van der Waals surface area contributed by atoms with Crippen molar-refractivity contribution in [2.45, 2.75) is 13.8 Å². The van der Waals surface area contributed by atoms with E-state index in [-0.39, 0.29) is 6.03 Å². The summed E-state index contributed by atoms with van der Waals surface area (Å²) in [7, 11) is 1.61. The molecule has 0 unspecified atom stereocenters. The molecule has 0 atom stereocenters. The molecule has 2 rings (SSSR count).